The molecule has 0 bridgehead atoms. The van der Waals surface area contributed by atoms with Crippen molar-refractivity contribution in [1.82, 2.24) is 0 Å². The van der Waals surface area contributed by atoms with Gasteiger partial charge in [-0.25, -0.2) is 0 Å². The number of carbonyl (C=O) groups excluding carboxylic acids is 1. The van der Waals surface area contributed by atoms with Crippen LogP contribution in [0.3, 0.4) is 0 Å². The third-order valence-corrected chi connectivity index (χ3v) is 3.77. The van der Waals surface area contributed by atoms with Crippen LogP contribution in [0.1, 0.15) is 29.5 Å². The van der Waals surface area contributed by atoms with Gasteiger partial charge in [0.05, 0.1) is 15.9 Å². The highest BCUT2D eigenvalue weighted by Crippen LogP contribution is 2.38. The summed E-state index contributed by atoms with van der Waals surface area (Å²) in [6, 6.07) is 8.84. The molecule has 0 spiro atoms. The maximum Gasteiger partial charge on any atom is 0.298 e. The minimum Gasteiger partial charge on any atom is -0.428 e. The number of ether oxygens (including phenoxy) is 1. The first-order valence-corrected chi connectivity index (χ1v) is 6.99. The van der Waals surface area contributed by atoms with E-state index in [4.69, 9.17) is 0 Å². The molecule has 2 aromatic rings. The van der Waals surface area contributed by atoms with E-state index in [0.29, 0.717) is 16.7 Å². The summed E-state index contributed by atoms with van der Waals surface area (Å²) < 4.78 is 4.62. The first kappa shape index (κ1) is 17.1. The van der Waals surface area contributed by atoms with E-state index in [1.165, 1.54) is 12.1 Å². The third-order valence-electron chi connectivity index (χ3n) is 3.77. The van der Waals surface area contributed by atoms with Gasteiger partial charge in [0.15, 0.2) is 0 Å². The lowest BCUT2D eigenvalue weighted by molar-refractivity contribution is -0.387. The van der Waals surface area contributed by atoms with Gasteiger partial charge in [0, 0.05) is 22.6 Å². The van der Waals surface area contributed by atoms with Crippen molar-refractivity contribution in [3.8, 4) is 5.75 Å². The van der Waals surface area contributed by atoms with Crippen LogP contribution < -0.4 is 4.74 Å². The van der Waals surface area contributed by atoms with Crippen LogP contribution >= 0.6 is 0 Å². The van der Waals surface area contributed by atoms with Gasteiger partial charge in [-0.2, -0.15) is 0 Å². The number of carbonyl (C=O) groups is 1. The third kappa shape index (κ3) is 3.22. The zero-order chi connectivity index (χ0) is 17.9. The van der Waals surface area contributed by atoms with E-state index >= 15 is 0 Å². The van der Waals surface area contributed by atoms with Crippen molar-refractivity contribution < 1.29 is 19.4 Å². The summed E-state index contributed by atoms with van der Waals surface area (Å²) in [6.07, 6.45) is 0. The molecule has 0 aliphatic heterocycles. The summed E-state index contributed by atoms with van der Waals surface area (Å²) in [7, 11) is 0. The Morgan fingerprint density at radius 3 is 2.38 bits per heavy atom. The summed E-state index contributed by atoms with van der Waals surface area (Å²) in [5, 5.41) is 22.7. The molecule has 0 radical (unpaired) electrons. The number of nitro groups is 2. The number of benzene rings is 2. The van der Waals surface area contributed by atoms with E-state index in [1.54, 1.807) is 32.0 Å². The standard InChI is InChI=1S/C16H14N2O6/c1-10-4-3-5-14(16(10)18(22)23)11(2)13-7-6-12(24-9-19)8-15(13)17(20)21/h3-9,11H,1-2H3. The van der Waals surface area contributed by atoms with E-state index in [9.17, 15) is 25.0 Å². The van der Waals surface area contributed by atoms with E-state index in [1.807, 2.05) is 0 Å². The molecule has 2 rings (SSSR count). The van der Waals surface area contributed by atoms with Gasteiger partial charge < -0.3 is 4.74 Å². The SMILES string of the molecule is Cc1cccc(C(C)c2ccc(OC=O)cc2[N+](=O)[O-])c1[N+](=O)[O-]. The molecule has 0 N–H and O–H groups in total. The summed E-state index contributed by atoms with van der Waals surface area (Å²) in [5.41, 5.74) is 0.831. The van der Waals surface area contributed by atoms with Crippen molar-refractivity contribution >= 4 is 17.8 Å². The van der Waals surface area contributed by atoms with Crippen molar-refractivity contribution in [2.24, 2.45) is 0 Å². The molecule has 8 heteroatoms. The molecular formula is C16H14N2O6. The number of nitro benzene ring substituents is 2. The number of nitrogens with zero attached hydrogens (tertiary/aromatic N) is 2. The quantitative estimate of drug-likeness (QED) is 0.455. The number of hydrogen-bond donors (Lipinski definition) is 0. The van der Waals surface area contributed by atoms with Crippen LogP contribution in [0.25, 0.3) is 0 Å². The molecular weight excluding hydrogens is 316 g/mol. The largest absolute Gasteiger partial charge is 0.428 e. The normalized spacial score (nSPS) is 11.6. The Morgan fingerprint density at radius 2 is 1.79 bits per heavy atom. The average Bonchev–Trinajstić information content (AvgIpc) is 2.53. The number of para-hydroxylation sites is 1. The molecule has 124 valence electrons. The van der Waals surface area contributed by atoms with Gasteiger partial charge in [0.25, 0.3) is 17.8 Å². The van der Waals surface area contributed by atoms with Crippen LogP contribution in [-0.2, 0) is 4.79 Å². The molecule has 8 nitrogen and oxygen atoms in total. The zero-order valence-electron chi connectivity index (χ0n) is 13.0. The maximum absolute atomic E-state index is 11.3. The zero-order valence-corrected chi connectivity index (χ0v) is 13.0. The van der Waals surface area contributed by atoms with Gasteiger partial charge in [-0.05, 0) is 19.1 Å². The van der Waals surface area contributed by atoms with Crippen LogP contribution in [0.15, 0.2) is 36.4 Å². The molecule has 24 heavy (non-hydrogen) atoms. The van der Waals surface area contributed by atoms with E-state index in [-0.39, 0.29) is 23.6 Å². The molecule has 0 amide bonds. The Labute approximate surface area is 137 Å². The minimum atomic E-state index is -0.606. The highest BCUT2D eigenvalue weighted by molar-refractivity contribution is 5.57. The minimum absolute atomic E-state index is 0.0337. The lowest BCUT2D eigenvalue weighted by Crippen LogP contribution is -2.06. The van der Waals surface area contributed by atoms with Crippen LogP contribution in [0.5, 0.6) is 5.75 Å². The molecule has 0 saturated heterocycles. The molecule has 0 aliphatic carbocycles. The first-order chi connectivity index (χ1) is 11.4. The molecule has 0 heterocycles. The number of aryl methyl sites for hydroxylation is 1. The van der Waals surface area contributed by atoms with E-state index < -0.39 is 15.8 Å². The molecule has 2 aromatic carbocycles. The topological polar surface area (TPSA) is 113 Å². The predicted octanol–water partition coefficient (Wildman–Crippen LogP) is 3.50. The molecule has 0 fully saturated rings. The fraction of sp³-hybridized carbons (Fsp3) is 0.188. The highest BCUT2D eigenvalue weighted by Gasteiger charge is 2.27. The van der Waals surface area contributed by atoms with E-state index in [0.717, 1.165) is 6.07 Å². The lowest BCUT2D eigenvalue weighted by atomic mass is 9.89. The number of rotatable bonds is 6. The fourth-order valence-electron chi connectivity index (χ4n) is 2.62. The van der Waals surface area contributed by atoms with Crippen molar-refractivity contribution in [2.75, 3.05) is 0 Å². The van der Waals surface area contributed by atoms with Gasteiger partial charge in [-0.1, -0.05) is 25.1 Å². The fourth-order valence-corrected chi connectivity index (χ4v) is 2.62. The second-order valence-electron chi connectivity index (χ2n) is 5.18. The highest BCUT2D eigenvalue weighted by atomic mass is 16.6. The monoisotopic (exact) mass is 330 g/mol. The molecule has 0 saturated carbocycles. The molecule has 1 unspecified atom stereocenters. The Morgan fingerprint density at radius 1 is 1.08 bits per heavy atom. The van der Waals surface area contributed by atoms with Crippen molar-refractivity contribution in [1.29, 1.82) is 0 Å². The van der Waals surface area contributed by atoms with Gasteiger partial charge in [-0.3, -0.25) is 25.0 Å². The van der Waals surface area contributed by atoms with Gasteiger partial charge in [0.1, 0.15) is 5.75 Å². The van der Waals surface area contributed by atoms with Crippen LogP contribution in [-0.4, -0.2) is 16.3 Å². The number of hydrogen-bond acceptors (Lipinski definition) is 6. The summed E-state index contributed by atoms with van der Waals surface area (Å²) in [6.45, 7) is 3.45. The maximum atomic E-state index is 11.3. The second-order valence-corrected chi connectivity index (χ2v) is 5.18. The van der Waals surface area contributed by atoms with Crippen molar-refractivity contribution in [3.63, 3.8) is 0 Å². The smallest absolute Gasteiger partial charge is 0.298 e. The lowest BCUT2D eigenvalue weighted by Gasteiger charge is -2.14. The van der Waals surface area contributed by atoms with Crippen LogP contribution in [0, 0.1) is 27.2 Å². The van der Waals surface area contributed by atoms with Crippen LogP contribution in [0.2, 0.25) is 0 Å². The van der Waals surface area contributed by atoms with Gasteiger partial charge >= 0.3 is 0 Å². The molecule has 0 aliphatic rings. The first-order valence-electron chi connectivity index (χ1n) is 6.99. The van der Waals surface area contributed by atoms with Gasteiger partial charge in [0.2, 0.25) is 0 Å². The molecule has 1 atom stereocenters. The van der Waals surface area contributed by atoms with Crippen molar-refractivity contribution in [2.45, 2.75) is 19.8 Å². The van der Waals surface area contributed by atoms with Crippen molar-refractivity contribution in [3.05, 3.63) is 73.3 Å². The molecule has 0 aromatic heterocycles. The Kier molecular flexibility index (Phi) is 4.88. The summed E-state index contributed by atoms with van der Waals surface area (Å²) >= 11 is 0. The summed E-state index contributed by atoms with van der Waals surface area (Å²) in [4.78, 5) is 32.0. The predicted molar refractivity (Wildman–Crippen MR) is 85.1 cm³/mol. The van der Waals surface area contributed by atoms with Gasteiger partial charge in [-0.15, -0.1) is 0 Å². The summed E-state index contributed by atoms with van der Waals surface area (Å²) in [5.74, 6) is -0.553. The van der Waals surface area contributed by atoms with E-state index in [2.05, 4.69) is 4.74 Å². The second kappa shape index (κ2) is 6.86. The Balaban J connectivity index is 2.60. The van der Waals surface area contributed by atoms with Crippen LogP contribution in [0.4, 0.5) is 11.4 Å². The Hall–Kier alpha value is -3.29. The Bertz CT molecular complexity index is 818. The average molecular weight is 330 g/mol.